The zero-order valence-corrected chi connectivity index (χ0v) is 8.81. The van der Waals surface area contributed by atoms with Crippen LogP contribution in [-0.2, 0) is 0 Å². The number of hydrogen-bond acceptors (Lipinski definition) is 3. The van der Waals surface area contributed by atoms with Crippen molar-refractivity contribution in [2.45, 2.75) is 0 Å². The molecule has 0 atom stereocenters. The summed E-state index contributed by atoms with van der Waals surface area (Å²) in [5, 5.41) is 9.15. The molecule has 1 N–H and O–H groups in total. The molecule has 3 nitrogen and oxygen atoms in total. The Hall–Kier alpha value is -2.23. The molecule has 0 bridgehead atoms. The number of hydrogen-bond donors (Lipinski definition) is 1. The van der Waals surface area contributed by atoms with Gasteiger partial charge in [-0.25, -0.2) is 4.39 Å². The number of phenolic OH excluding ortho intramolecular Hbond substituents is 1. The number of benzene rings is 2. The molecule has 3 rings (SSSR count). The smallest absolute Gasteiger partial charge is 0.231 e. The van der Waals surface area contributed by atoms with Gasteiger partial charge in [-0.3, -0.25) is 0 Å². The van der Waals surface area contributed by atoms with E-state index >= 15 is 0 Å². The van der Waals surface area contributed by atoms with Crippen molar-refractivity contribution in [2.24, 2.45) is 0 Å². The Morgan fingerprint density at radius 2 is 1.82 bits per heavy atom. The van der Waals surface area contributed by atoms with Gasteiger partial charge in [0.1, 0.15) is 11.6 Å². The van der Waals surface area contributed by atoms with Crippen molar-refractivity contribution in [1.82, 2.24) is 0 Å². The van der Waals surface area contributed by atoms with Gasteiger partial charge in [-0.15, -0.1) is 0 Å². The van der Waals surface area contributed by atoms with Crippen molar-refractivity contribution >= 4 is 0 Å². The number of ether oxygens (including phenoxy) is 2. The molecule has 2 aromatic carbocycles. The molecule has 2 aromatic rings. The molecular weight excluding hydrogens is 223 g/mol. The summed E-state index contributed by atoms with van der Waals surface area (Å²) in [4.78, 5) is 0. The van der Waals surface area contributed by atoms with E-state index in [1.165, 1.54) is 12.1 Å². The molecule has 0 amide bonds. The third-order valence-electron chi connectivity index (χ3n) is 2.64. The van der Waals surface area contributed by atoms with E-state index in [4.69, 9.17) is 14.6 Å². The SMILES string of the molecule is Oc1ccc(-c2ccc3c(c2)OCO3)c(F)c1. The largest absolute Gasteiger partial charge is 0.508 e. The van der Waals surface area contributed by atoms with Crippen LogP contribution in [0.1, 0.15) is 0 Å². The molecule has 1 heterocycles. The molecule has 4 heteroatoms. The summed E-state index contributed by atoms with van der Waals surface area (Å²) in [6.45, 7) is 0.191. The Morgan fingerprint density at radius 1 is 1.00 bits per heavy atom. The van der Waals surface area contributed by atoms with Crippen molar-refractivity contribution in [1.29, 1.82) is 0 Å². The molecule has 1 aliphatic rings. The highest BCUT2D eigenvalue weighted by atomic mass is 19.1. The second kappa shape index (κ2) is 3.66. The minimum atomic E-state index is -0.469. The zero-order chi connectivity index (χ0) is 11.8. The first-order valence-corrected chi connectivity index (χ1v) is 5.12. The molecular formula is C13H9FO3. The minimum Gasteiger partial charge on any atom is -0.508 e. The topological polar surface area (TPSA) is 38.7 Å². The van der Waals surface area contributed by atoms with Gasteiger partial charge in [0.25, 0.3) is 0 Å². The van der Waals surface area contributed by atoms with Crippen molar-refractivity contribution < 1.29 is 19.0 Å². The third kappa shape index (κ3) is 1.67. The van der Waals surface area contributed by atoms with E-state index in [2.05, 4.69) is 0 Å². The van der Waals surface area contributed by atoms with Gasteiger partial charge in [0, 0.05) is 11.6 Å². The number of fused-ring (bicyclic) bond motifs is 1. The molecule has 1 aliphatic heterocycles. The van der Waals surface area contributed by atoms with Crippen molar-refractivity contribution in [3.63, 3.8) is 0 Å². The standard InChI is InChI=1S/C13H9FO3/c14-11-6-9(15)2-3-10(11)8-1-4-12-13(5-8)17-7-16-12/h1-6,15H,7H2. The number of aromatic hydroxyl groups is 1. The van der Waals surface area contributed by atoms with Gasteiger partial charge in [-0.1, -0.05) is 6.07 Å². The normalized spacial score (nSPS) is 12.8. The molecule has 0 saturated heterocycles. The highest BCUT2D eigenvalue weighted by molar-refractivity contribution is 5.68. The molecule has 0 saturated carbocycles. The van der Waals surface area contributed by atoms with Crippen LogP contribution in [0.2, 0.25) is 0 Å². The number of phenols is 1. The fourth-order valence-electron chi connectivity index (χ4n) is 1.80. The molecule has 0 radical (unpaired) electrons. The summed E-state index contributed by atoms with van der Waals surface area (Å²) >= 11 is 0. The van der Waals surface area contributed by atoms with Crippen LogP contribution in [0.15, 0.2) is 36.4 Å². The third-order valence-corrected chi connectivity index (χ3v) is 2.64. The van der Waals surface area contributed by atoms with Crippen molar-refractivity contribution in [3.05, 3.63) is 42.2 Å². The predicted molar refractivity (Wildman–Crippen MR) is 59.6 cm³/mol. The van der Waals surface area contributed by atoms with E-state index in [9.17, 15) is 4.39 Å². The Morgan fingerprint density at radius 3 is 2.65 bits per heavy atom. The van der Waals surface area contributed by atoms with Crippen LogP contribution in [0.3, 0.4) is 0 Å². The Bertz CT molecular complexity index is 581. The summed E-state index contributed by atoms with van der Waals surface area (Å²) in [5.74, 6) is 0.707. The average Bonchev–Trinajstić information content (AvgIpc) is 2.75. The quantitative estimate of drug-likeness (QED) is 0.821. The predicted octanol–water partition coefficient (Wildman–Crippen LogP) is 2.93. The molecule has 0 unspecified atom stereocenters. The minimum absolute atomic E-state index is 0.0907. The van der Waals surface area contributed by atoms with Crippen LogP contribution in [0.5, 0.6) is 17.2 Å². The summed E-state index contributed by atoms with van der Waals surface area (Å²) in [5.41, 5.74) is 1.10. The van der Waals surface area contributed by atoms with E-state index in [1.807, 2.05) is 0 Å². The molecule has 0 aromatic heterocycles. The molecule has 17 heavy (non-hydrogen) atoms. The molecule has 0 spiro atoms. The first kappa shape index (κ1) is 9.96. The van der Waals surface area contributed by atoms with E-state index in [1.54, 1.807) is 18.2 Å². The van der Waals surface area contributed by atoms with Gasteiger partial charge in [0.15, 0.2) is 11.5 Å². The van der Waals surface area contributed by atoms with Gasteiger partial charge >= 0.3 is 0 Å². The number of rotatable bonds is 1. The highest BCUT2D eigenvalue weighted by Crippen LogP contribution is 2.36. The summed E-state index contributed by atoms with van der Waals surface area (Å²) < 4.78 is 24.1. The first-order valence-electron chi connectivity index (χ1n) is 5.12. The van der Waals surface area contributed by atoms with Crippen LogP contribution < -0.4 is 9.47 Å². The Kier molecular flexibility index (Phi) is 2.14. The highest BCUT2D eigenvalue weighted by Gasteiger charge is 2.15. The molecule has 0 fully saturated rings. The fourth-order valence-corrected chi connectivity index (χ4v) is 1.80. The second-order valence-corrected chi connectivity index (χ2v) is 3.73. The second-order valence-electron chi connectivity index (χ2n) is 3.73. The lowest BCUT2D eigenvalue weighted by atomic mass is 10.0. The number of halogens is 1. The lowest BCUT2D eigenvalue weighted by molar-refractivity contribution is 0.174. The van der Waals surface area contributed by atoms with E-state index in [0.29, 0.717) is 22.6 Å². The summed E-state index contributed by atoms with van der Waals surface area (Å²) in [6, 6.07) is 9.27. The monoisotopic (exact) mass is 232 g/mol. The fraction of sp³-hybridized carbons (Fsp3) is 0.0769. The summed E-state index contributed by atoms with van der Waals surface area (Å²) in [7, 11) is 0. The van der Waals surface area contributed by atoms with Gasteiger partial charge in [-0.2, -0.15) is 0 Å². The first-order chi connectivity index (χ1) is 8.24. The Balaban J connectivity index is 2.09. The van der Waals surface area contributed by atoms with E-state index in [-0.39, 0.29) is 12.5 Å². The maximum absolute atomic E-state index is 13.7. The van der Waals surface area contributed by atoms with Crippen LogP contribution >= 0.6 is 0 Å². The maximum atomic E-state index is 13.7. The van der Waals surface area contributed by atoms with Gasteiger partial charge < -0.3 is 14.6 Å². The average molecular weight is 232 g/mol. The van der Waals surface area contributed by atoms with Crippen molar-refractivity contribution in [3.8, 4) is 28.4 Å². The lowest BCUT2D eigenvalue weighted by Gasteiger charge is -2.05. The van der Waals surface area contributed by atoms with Crippen molar-refractivity contribution in [2.75, 3.05) is 6.79 Å². The van der Waals surface area contributed by atoms with Gasteiger partial charge in [0.05, 0.1) is 0 Å². The van der Waals surface area contributed by atoms with E-state index < -0.39 is 5.82 Å². The lowest BCUT2D eigenvalue weighted by Crippen LogP contribution is -1.92. The summed E-state index contributed by atoms with van der Waals surface area (Å²) in [6.07, 6.45) is 0. The van der Waals surface area contributed by atoms with Crippen LogP contribution in [0, 0.1) is 5.82 Å². The van der Waals surface area contributed by atoms with Crippen LogP contribution in [-0.4, -0.2) is 11.9 Å². The van der Waals surface area contributed by atoms with Gasteiger partial charge in [0.2, 0.25) is 6.79 Å². The maximum Gasteiger partial charge on any atom is 0.231 e. The Labute approximate surface area is 97.0 Å². The van der Waals surface area contributed by atoms with Gasteiger partial charge in [-0.05, 0) is 29.8 Å². The van der Waals surface area contributed by atoms with Crippen LogP contribution in [0.4, 0.5) is 4.39 Å². The van der Waals surface area contributed by atoms with E-state index in [0.717, 1.165) is 6.07 Å². The zero-order valence-electron chi connectivity index (χ0n) is 8.81. The van der Waals surface area contributed by atoms with Crippen LogP contribution in [0.25, 0.3) is 11.1 Å². The molecule has 86 valence electrons. The molecule has 0 aliphatic carbocycles.